The highest BCUT2D eigenvalue weighted by Gasteiger charge is 2.34. The molecule has 7 nitrogen and oxygen atoms in total. The van der Waals surface area contributed by atoms with Gasteiger partial charge in [0.2, 0.25) is 0 Å². The maximum absolute atomic E-state index is 13.5. The summed E-state index contributed by atoms with van der Waals surface area (Å²) in [6, 6.07) is 18.7. The lowest BCUT2D eigenvalue weighted by atomic mass is 10.0. The van der Waals surface area contributed by atoms with E-state index >= 15 is 0 Å². The van der Waals surface area contributed by atoms with Gasteiger partial charge in [0.25, 0.3) is 0 Å². The number of carboxylic acid groups (broad SMARTS) is 1. The van der Waals surface area contributed by atoms with Gasteiger partial charge in [-0.2, -0.15) is 13.2 Å². The summed E-state index contributed by atoms with van der Waals surface area (Å²) in [6.07, 6.45) is -5.69. The van der Waals surface area contributed by atoms with Crippen LogP contribution in [0.5, 0.6) is 17.2 Å². The van der Waals surface area contributed by atoms with E-state index in [1.54, 1.807) is 25.3 Å². The quantitative estimate of drug-likeness (QED) is 0.224. The average molecular weight is 558 g/mol. The molecule has 0 spiro atoms. The summed E-state index contributed by atoms with van der Waals surface area (Å²) >= 11 is 0.809. The Kier molecular flexibility index (Phi) is 8.20. The Morgan fingerprint density at radius 1 is 1.05 bits per heavy atom. The smallest absolute Gasteiger partial charge is 0.416 e. The summed E-state index contributed by atoms with van der Waals surface area (Å²) in [7, 11) is 1.58. The van der Waals surface area contributed by atoms with Crippen LogP contribution < -0.4 is 30.4 Å². The van der Waals surface area contributed by atoms with Crippen molar-refractivity contribution in [1.82, 2.24) is 0 Å². The number of nitrogens with one attached hydrogen (secondary N) is 1. The van der Waals surface area contributed by atoms with E-state index in [4.69, 9.17) is 19.9 Å². The summed E-state index contributed by atoms with van der Waals surface area (Å²) in [5, 5.41) is 15.1. The van der Waals surface area contributed by atoms with E-state index in [9.17, 15) is 23.1 Å². The molecule has 0 unspecified atom stereocenters. The Morgan fingerprint density at radius 3 is 2.41 bits per heavy atom. The normalized spacial score (nSPS) is 12.0. The van der Waals surface area contributed by atoms with Crippen LogP contribution in [0.1, 0.15) is 39.4 Å². The number of hydrogen-bond donors (Lipinski definition) is 2. The van der Waals surface area contributed by atoms with E-state index in [1.165, 1.54) is 31.2 Å². The Morgan fingerprint density at radius 2 is 1.74 bits per heavy atom. The van der Waals surface area contributed by atoms with Crippen LogP contribution in [0.25, 0.3) is 0 Å². The second-order valence-corrected chi connectivity index (χ2v) is 9.50. The minimum absolute atomic E-state index is 0.124. The zero-order valence-corrected chi connectivity index (χ0v) is 21.7. The maximum atomic E-state index is 13.5. The van der Waals surface area contributed by atoms with E-state index in [2.05, 4.69) is 5.32 Å². The first kappa shape index (κ1) is 27.6. The molecule has 4 aromatic rings. The number of carbonyl (C=O) groups excluding carboxylic acids is 1. The molecular formula is C28H24F3N2O5S-. The molecule has 0 aliphatic heterocycles. The monoisotopic (exact) mass is 557 g/mol. The lowest BCUT2D eigenvalue weighted by Crippen LogP contribution is -2.22. The third-order valence-electron chi connectivity index (χ3n) is 5.74. The molecule has 0 radical (unpaired) electrons. The van der Waals surface area contributed by atoms with Crippen molar-refractivity contribution in [2.45, 2.75) is 25.8 Å². The Labute approximate surface area is 226 Å². The van der Waals surface area contributed by atoms with Crippen LogP contribution in [0, 0.1) is 0 Å². The zero-order chi connectivity index (χ0) is 28.2. The van der Waals surface area contributed by atoms with Gasteiger partial charge in [0, 0.05) is 17.7 Å². The largest absolute Gasteiger partial charge is 0.544 e. The van der Waals surface area contributed by atoms with Gasteiger partial charge in [-0.15, -0.1) is 11.3 Å². The van der Waals surface area contributed by atoms with E-state index in [0.29, 0.717) is 22.1 Å². The first-order chi connectivity index (χ1) is 18.5. The molecule has 3 N–H and O–H groups in total. The van der Waals surface area contributed by atoms with Crippen LogP contribution in [0.15, 0.2) is 72.8 Å². The minimum Gasteiger partial charge on any atom is -0.544 e. The fraction of sp³-hybridized carbons (Fsp3) is 0.179. The fourth-order valence-electron chi connectivity index (χ4n) is 3.78. The molecule has 0 aliphatic carbocycles. The van der Waals surface area contributed by atoms with Crippen molar-refractivity contribution in [3.63, 3.8) is 0 Å². The molecule has 3 aromatic carbocycles. The van der Waals surface area contributed by atoms with Gasteiger partial charge in [0.15, 0.2) is 0 Å². The Hall–Kier alpha value is -4.38. The molecule has 39 heavy (non-hydrogen) atoms. The van der Waals surface area contributed by atoms with Crippen molar-refractivity contribution in [2.75, 3.05) is 18.2 Å². The van der Waals surface area contributed by atoms with Crippen LogP contribution in [-0.4, -0.2) is 13.1 Å². The number of nitrogens with two attached hydrogens (primary N) is 1. The number of nitrogen functional groups attached to an aromatic ring is 1. The number of carbonyl (C=O) groups is 1. The third-order valence-corrected chi connectivity index (χ3v) is 6.75. The second kappa shape index (κ2) is 11.6. The number of aromatic carboxylic acids is 1. The van der Waals surface area contributed by atoms with Crippen LogP contribution in [0.3, 0.4) is 0 Å². The first-order valence-corrected chi connectivity index (χ1v) is 12.5. The number of carboxylic acids is 1. The first-order valence-electron chi connectivity index (χ1n) is 11.7. The summed E-state index contributed by atoms with van der Waals surface area (Å²) in [6.45, 7) is 1.70. The van der Waals surface area contributed by atoms with Crippen LogP contribution in [0.4, 0.5) is 29.5 Å². The molecule has 1 atom stereocenters. The number of methoxy groups -OCH3 is 1. The number of alkyl halides is 3. The molecule has 0 bridgehead atoms. The number of hydrogen-bond acceptors (Lipinski definition) is 8. The van der Waals surface area contributed by atoms with Crippen LogP contribution >= 0.6 is 11.3 Å². The Balaban J connectivity index is 1.52. The van der Waals surface area contributed by atoms with E-state index in [0.717, 1.165) is 28.7 Å². The SMILES string of the molecule is COc1ccc(COc2ccc(N)c(Nc3cc(O[C@H](C)c4ccccc4C(F)(F)F)c(C(=O)[O-])s3)c2)cc1. The molecule has 0 amide bonds. The number of halogens is 3. The highest BCUT2D eigenvalue weighted by atomic mass is 32.1. The van der Waals surface area contributed by atoms with Gasteiger partial charge in [0.1, 0.15) is 30.0 Å². The van der Waals surface area contributed by atoms with Crippen LogP contribution in [-0.2, 0) is 12.8 Å². The molecule has 0 saturated heterocycles. The van der Waals surface area contributed by atoms with Crippen molar-refractivity contribution < 1.29 is 37.3 Å². The van der Waals surface area contributed by atoms with Gasteiger partial charge in [0.05, 0.1) is 39.9 Å². The van der Waals surface area contributed by atoms with Gasteiger partial charge in [-0.05, 0) is 42.8 Å². The zero-order valence-electron chi connectivity index (χ0n) is 20.9. The van der Waals surface area contributed by atoms with Gasteiger partial charge in [-0.1, -0.05) is 30.3 Å². The fourth-order valence-corrected chi connectivity index (χ4v) is 4.62. The summed E-state index contributed by atoms with van der Waals surface area (Å²) in [5.74, 6) is -0.415. The standard InChI is InChI=1S/C28H25F3N2O5S/c1-16(20-5-3-4-6-21(20)28(29,30)31)38-24-14-25(39-26(24)27(34)35)33-23-13-19(11-12-22(23)32)37-15-17-7-9-18(36-2)10-8-17/h3-14,16,33H,15,32H2,1-2H3,(H,34,35)/p-1/t16-/m1/s1. The molecule has 4 rings (SSSR count). The predicted octanol–water partition coefficient (Wildman–Crippen LogP) is 6.18. The number of benzene rings is 3. The number of thiophene rings is 1. The van der Waals surface area contributed by atoms with Crippen molar-refractivity contribution in [2.24, 2.45) is 0 Å². The van der Waals surface area contributed by atoms with Crippen molar-refractivity contribution in [1.29, 1.82) is 0 Å². The van der Waals surface area contributed by atoms with E-state index < -0.39 is 23.8 Å². The van der Waals surface area contributed by atoms with Crippen LogP contribution in [0.2, 0.25) is 0 Å². The van der Waals surface area contributed by atoms with E-state index in [-0.39, 0.29) is 22.8 Å². The van der Waals surface area contributed by atoms with Crippen molar-refractivity contribution in [3.8, 4) is 17.2 Å². The topological polar surface area (TPSA) is 106 Å². The van der Waals surface area contributed by atoms with Gasteiger partial charge in [-0.25, -0.2) is 0 Å². The number of rotatable bonds is 10. The molecule has 0 aliphatic rings. The number of anilines is 3. The predicted molar refractivity (Wildman–Crippen MR) is 141 cm³/mol. The highest BCUT2D eigenvalue weighted by Crippen LogP contribution is 2.40. The second-order valence-electron chi connectivity index (χ2n) is 8.45. The summed E-state index contributed by atoms with van der Waals surface area (Å²) in [4.78, 5) is 11.5. The molecule has 11 heteroatoms. The van der Waals surface area contributed by atoms with E-state index in [1.807, 2.05) is 24.3 Å². The van der Waals surface area contributed by atoms with Gasteiger partial charge >= 0.3 is 6.18 Å². The lowest BCUT2D eigenvalue weighted by molar-refractivity contribution is -0.254. The average Bonchev–Trinajstić information content (AvgIpc) is 3.31. The molecule has 0 saturated carbocycles. The molecule has 0 fully saturated rings. The Bertz CT molecular complexity index is 1450. The summed E-state index contributed by atoms with van der Waals surface area (Å²) < 4.78 is 57.1. The van der Waals surface area contributed by atoms with Gasteiger partial charge in [-0.3, -0.25) is 0 Å². The number of ether oxygens (including phenoxy) is 3. The summed E-state index contributed by atoms with van der Waals surface area (Å²) in [5.41, 5.74) is 6.84. The van der Waals surface area contributed by atoms with Crippen molar-refractivity contribution >= 4 is 33.7 Å². The molecular weight excluding hydrogens is 533 g/mol. The lowest BCUT2D eigenvalue weighted by Gasteiger charge is -2.20. The molecule has 1 aromatic heterocycles. The van der Waals surface area contributed by atoms with Gasteiger partial charge < -0.3 is 35.2 Å². The molecule has 1 heterocycles. The minimum atomic E-state index is -4.59. The third kappa shape index (κ3) is 6.74. The molecule has 204 valence electrons. The maximum Gasteiger partial charge on any atom is 0.416 e. The highest BCUT2D eigenvalue weighted by molar-refractivity contribution is 7.18. The van der Waals surface area contributed by atoms with Crippen molar-refractivity contribution in [3.05, 3.63) is 94.4 Å².